The molecule has 2 rings (SSSR count). The highest BCUT2D eigenvalue weighted by atomic mass is 32.1. The molecule has 2 aromatic rings. The van der Waals surface area contributed by atoms with Gasteiger partial charge in [-0.3, -0.25) is 0 Å². The Morgan fingerprint density at radius 3 is 3.05 bits per heavy atom. The number of rotatable bonds is 7. The van der Waals surface area contributed by atoms with Crippen LogP contribution in [0.4, 0.5) is 0 Å². The molecule has 102 valence electrons. The first kappa shape index (κ1) is 14.0. The van der Waals surface area contributed by atoms with Gasteiger partial charge in [0.1, 0.15) is 5.75 Å². The maximum absolute atomic E-state index is 5.50. The molecule has 4 heteroatoms. The van der Waals surface area contributed by atoms with Gasteiger partial charge in [-0.25, -0.2) is 4.98 Å². The minimum Gasteiger partial charge on any atom is -0.494 e. The molecule has 0 bridgehead atoms. The first-order chi connectivity index (χ1) is 9.29. The molecule has 0 aliphatic heterocycles. The molecule has 0 aliphatic carbocycles. The molecule has 0 spiro atoms. The maximum Gasteiger partial charge on any atom is 0.119 e. The minimum absolute atomic E-state index is 0.454. The maximum atomic E-state index is 5.50. The second-order valence-electron chi connectivity index (χ2n) is 4.48. The lowest BCUT2D eigenvalue weighted by molar-refractivity contribution is 0.340. The van der Waals surface area contributed by atoms with E-state index in [4.69, 9.17) is 4.74 Å². The largest absolute Gasteiger partial charge is 0.494 e. The van der Waals surface area contributed by atoms with E-state index < -0.39 is 0 Å². The number of benzene rings is 1. The van der Waals surface area contributed by atoms with Crippen LogP contribution < -0.4 is 10.1 Å². The summed E-state index contributed by atoms with van der Waals surface area (Å²) in [5.41, 5.74) is 1.25. The third kappa shape index (κ3) is 4.33. The zero-order valence-corrected chi connectivity index (χ0v) is 12.2. The van der Waals surface area contributed by atoms with E-state index in [-0.39, 0.29) is 0 Å². The topological polar surface area (TPSA) is 34.1 Å². The Balaban J connectivity index is 1.80. The lowest BCUT2D eigenvalue weighted by Crippen LogP contribution is -2.19. The molecular formula is C15H20N2OS. The Morgan fingerprint density at radius 2 is 2.32 bits per heavy atom. The predicted molar refractivity (Wildman–Crippen MR) is 79.8 cm³/mol. The van der Waals surface area contributed by atoms with E-state index in [2.05, 4.69) is 29.4 Å². The van der Waals surface area contributed by atoms with Crippen LogP contribution in [0.2, 0.25) is 0 Å². The molecule has 0 amide bonds. The van der Waals surface area contributed by atoms with E-state index in [1.165, 1.54) is 10.6 Å². The van der Waals surface area contributed by atoms with Crippen molar-refractivity contribution in [2.24, 2.45) is 0 Å². The summed E-state index contributed by atoms with van der Waals surface area (Å²) in [5, 5.41) is 6.69. The Labute approximate surface area is 118 Å². The second-order valence-corrected chi connectivity index (χ2v) is 5.41. The van der Waals surface area contributed by atoms with E-state index in [9.17, 15) is 0 Å². The predicted octanol–water partition coefficient (Wildman–Crippen LogP) is 3.44. The van der Waals surface area contributed by atoms with Crippen molar-refractivity contribution in [2.45, 2.75) is 26.3 Å². The number of ether oxygens (including phenoxy) is 1. The van der Waals surface area contributed by atoms with Gasteiger partial charge < -0.3 is 10.1 Å². The van der Waals surface area contributed by atoms with Crippen LogP contribution in [-0.4, -0.2) is 18.1 Å². The lowest BCUT2D eigenvalue weighted by Gasteiger charge is -2.11. The van der Waals surface area contributed by atoms with E-state index >= 15 is 0 Å². The van der Waals surface area contributed by atoms with E-state index in [0.29, 0.717) is 12.5 Å². The van der Waals surface area contributed by atoms with Crippen LogP contribution in [0.15, 0.2) is 35.8 Å². The van der Waals surface area contributed by atoms with Gasteiger partial charge in [0.05, 0.1) is 11.6 Å². The number of nitrogens with zero attached hydrogens (tertiary/aromatic N) is 1. The summed E-state index contributed by atoms with van der Waals surface area (Å²) < 4.78 is 5.50. The van der Waals surface area contributed by atoms with Gasteiger partial charge in [-0.15, -0.1) is 11.3 Å². The number of hydrogen-bond acceptors (Lipinski definition) is 4. The van der Waals surface area contributed by atoms with Crippen molar-refractivity contribution in [1.82, 2.24) is 10.3 Å². The van der Waals surface area contributed by atoms with Crippen molar-refractivity contribution >= 4 is 11.3 Å². The van der Waals surface area contributed by atoms with E-state index in [0.717, 1.165) is 18.8 Å². The summed E-state index contributed by atoms with van der Waals surface area (Å²) in [6.07, 6.45) is 1.86. The number of aromatic nitrogens is 1. The summed E-state index contributed by atoms with van der Waals surface area (Å²) in [6.45, 7) is 6.70. The second kappa shape index (κ2) is 7.26. The Bertz CT molecular complexity index is 485. The summed E-state index contributed by atoms with van der Waals surface area (Å²) in [7, 11) is 0. The lowest BCUT2D eigenvalue weighted by atomic mass is 10.1. The molecule has 19 heavy (non-hydrogen) atoms. The van der Waals surface area contributed by atoms with Crippen LogP contribution in [0.3, 0.4) is 0 Å². The van der Waals surface area contributed by atoms with Gasteiger partial charge in [-0.1, -0.05) is 19.1 Å². The molecule has 0 saturated carbocycles. The van der Waals surface area contributed by atoms with Gasteiger partial charge in [-0.2, -0.15) is 0 Å². The zero-order valence-electron chi connectivity index (χ0n) is 11.4. The van der Waals surface area contributed by atoms with Crippen LogP contribution >= 0.6 is 11.3 Å². The molecule has 1 atom stereocenters. The monoisotopic (exact) mass is 276 g/mol. The zero-order chi connectivity index (χ0) is 13.5. The average Bonchev–Trinajstić information content (AvgIpc) is 2.93. The molecule has 0 saturated heterocycles. The first-order valence-electron chi connectivity index (χ1n) is 6.61. The number of nitrogens with one attached hydrogen (secondary N) is 1. The number of hydrogen-bond donors (Lipinski definition) is 1. The highest BCUT2D eigenvalue weighted by Crippen LogP contribution is 2.17. The summed E-state index contributed by atoms with van der Waals surface area (Å²) in [6, 6.07) is 8.23. The van der Waals surface area contributed by atoms with Gasteiger partial charge in [0.2, 0.25) is 0 Å². The van der Waals surface area contributed by atoms with Crippen LogP contribution in [0, 0.1) is 0 Å². The quantitative estimate of drug-likeness (QED) is 0.841. The number of thiazole rings is 1. The van der Waals surface area contributed by atoms with Crippen molar-refractivity contribution in [3.05, 3.63) is 46.4 Å². The van der Waals surface area contributed by atoms with E-state index in [1.807, 2.05) is 30.6 Å². The van der Waals surface area contributed by atoms with Crippen molar-refractivity contribution in [3.8, 4) is 5.75 Å². The Morgan fingerprint density at radius 1 is 1.42 bits per heavy atom. The van der Waals surface area contributed by atoms with Crippen LogP contribution in [0.5, 0.6) is 5.75 Å². The van der Waals surface area contributed by atoms with Crippen molar-refractivity contribution in [1.29, 1.82) is 0 Å². The molecule has 1 aromatic carbocycles. The average molecular weight is 276 g/mol. The first-order valence-corrected chi connectivity index (χ1v) is 7.49. The molecule has 1 N–H and O–H groups in total. The van der Waals surface area contributed by atoms with Gasteiger partial charge in [0, 0.05) is 30.6 Å². The molecular weight excluding hydrogens is 256 g/mol. The van der Waals surface area contributed by atoms with Crippen molar-refractivity contribution in [3.63, 3.8) is 0 Å². The highest BCUT2D eigenvalue weighted by molar-refractivity contribution is 7.09. The fourth-order valence-corrected chi connectivity index (χ4v) is 2.61. The molecule has 1 unspecified atom stereocenters. The minimum atomic E-state index is 0.454. The van der Waals surface area contributed by atoms with Gasteiger partial charge in [-0.05, 0) is 24.6 Å². The third-order valence-corrected chi connectivity index (χ3v) is 3.87. The van der Waals surface area contributed by atoms with Crippen molar-refractivity contribution < 1.29 is 4.74 Å². The molecule has 0 aliphatic rings. The van der Waals surface area contributed by atoms with Gasteiger partial charge >= 0.3 is 0 Å². The fraction of sp³-hybridized carbons (Fsp3) is 0.400. The Kier molecular flexibility index (Phi) is 5.36. The fourth-order valence-electron chi connectivity index (χ4n) is 1.91. The molecule has 0 fully saturated rings. The smallest absolute Gasteiger partial charge is 0.119 e. The Hall–Kier alpha value is -1.39. The third-order valence-electron chi connectivity index (χ3n) is 2.86. The highest BCUT2D eigenvalue weighted by Gasteiger charge is 2.07. The van der Waals surface area contributed by atoms with E-state index in [1.54, 1.807) is 11.3 Å². The van der Waals surface area contributed by atoms with Crippen LogP contribution in [0.25, 0.3) is 0 Å². The SMILES string of the molecule is CCOc1cccc(CNCC(C)c2nccs2)c1. The molecule has 1 heterocycles. The van der Waals surface area contributed by atoms with Crippen molar-refractivity contribution in [2.75, 3.05) is 13.2 Å². The summed E-state index contributed by atoms with van der Waals surface area (Å²) in [5.74, 6) is 1.39. The van der Waals surface area contributed by atoms with Crippen LogP contribution in [-0.2, 0) is 6.54 Å². The molecule has 1 aromatic heterocycles. The van der Waals surface area contributed by atoms with Gasteiger partial charge in [0.25, 0.3) is 0 Å². The molecule has 0 radical (unpaired) electrons. The normalized spacial score (nSPS) is 12.3. The standard InChI is InChI=1S/C15H20N2OS/c1-3-18-14-6-4-5-13(9-14)11-16-10-12(2)15-17-7-8-19-15/h4-9,12,16H,3,10-11H2,1-2H3. The van der Waals surface area contributed by atoms with Gasteiger partial charge in [0.15, 0.2) is 0 Å². The summed E-state index contributed by atoms with van der Waals surface area (Å²) >= 11 is 1.72. The summed E-state index contributed by atoms with van der Waals surface area (Å²) in [4.78, 5) is 4.34. The van der Waals surface area contributed by atoms with Crippen LogP contribution in [0.1, 0.15) is 30.3 Å². The molecule has 3 nitrogen and oxygen atoms in total.